The quantitative estimate of drug-likeness (QED) is 0.409. The predicted molar refractivity (Wildman–Crippen MR) is 53.2 cm³/mol. The van der Waals surface area contributed by atoms with Gasteiger partial charge in [-0.05, 0) is 20.8 Å². The average molecular weight is 224 g/mol. The Hall–Kier alpha value is -0.770. The fraction of sp³-hybridized carbons (Fsp3) is 0.556. The SMILES string of the molecule is CC(Cl)=C(C=O)C(=NC(C)C)C(F)F. The summed E-state index contributed by atoms with van der Waals surface area (Å²) in [6.07, 6.45) is -2.48. The van der Waals surface area contributed by atoms with Crippen LogP contribution in [0.15, 0.2) is 15.6 Å². The molecule has 0 heterocycles. The molecule has 0 aromatic heterocycles. The maximum atomic E-state index is 12.5. The van der Waals surface area contributed by atoms with E-state index in [0.717, 1.165) is 0 Å². The first-order chi connectivity index (χ1) is 6.40. The van der Waals surface area contributed by atoms with Gasteiger partial charge < -0.3 is 0 Å². The van der Waals surface area contributed by atoms with Gasteiger partial charge in [-0.3, -0.25) is 9.79 Å². The Bertz CT molecular complexity index is 268. The number of carbonyl (C=O) groups is 1. The molecule has 14 heavy (non-hydrogen) atoms. The Morgan fingerprint density at radius 3 is 2.14 bits per heavy atom. The maximum Gasteiger partial charge on any atom is 0.280 e. The monoisotopic (exact) mass is 223 g/mol. The minimum absolute atomic E-state index is 0.0275. The Balaban J connectivity index is 5.21. The van der Waals surface area contributed by atoms with E-state index < -0.39 is 12.1 Å². The van der Waals surface area contributed by atoms with Gasteiger partial charge in [-0.15, -0.1) is 0 Å². The van der Waals surface area contributed by atoms with Crippen LogP contribution in [0.4, 0.5) is 8.78 Å². The van der Waals surface area contributed by atoms with Gasteiger partial charge in [0.05, 0.1) is 5.57 Å². The lowest BCUT2D eigenvalue weighted by Crippen LogP contribution is -2.17. The number of hydrogen-bond acceptors (Lipinski definition) is 2. The number of carbonyl (C=O) groups excluding carboxylic acids is 1. The van der Waals surface area contributed by atoms with Crippen molar-refractivity contribution in [3.05, 3.63) is 10.6 Å². The number of hydrogen-bond donors (Lipinski definition) is 0. The lowest BCUT2D eigenvalue weighted by atomic mass is 10.1. The van der Waals surface area contributed by atoms with Crippen molar-refractivity contribution in [1.29, 1.82) is 0 Å². The van der Waals surface area contributed by atoms with Crippen LogP contribution < -0.4 is 0 Å². The fourth-order valence-corrected chi connectivity index (χ4v) is 0.981. The highest BCUT2D eigenvalue weighted by Crippen LogP contribution is 2.14. The summed E-state index contributed by atoms with van der Waals surface area (Å²) in [7, 11) is 0. The summed E-state index contributed by atoms with van der Waals surface area (Å²) in [6, 6.07) is -0.301. The predicted octanol–water partition coefficient (Wildman–Crippen LogP) is 2.81. The van der Waals surface area contributed by atoms with Crippen molar-refractivity contribution in [3.63, 3.8) is 0 Å². The molecule has 0 bridgehead atoms. The molecule has 0 rings (SSSR count). The van der Waals surface area contributed by atoms with Crippen molar-refractivity contribution in [2.45, 2.75) is 33.2 Å². The summed E-state index contributed by atoms with van der Waals surface area (Å²) in [6.45, 7) is 4.67. The van der Waals surface area contributed by atoms with Gasteiger partial charge in [0.15, 0.2) is 6.29 Å². The van der Waals surface area contributed by atoms with E-state index in [0.29, 0.717) is 6.29 Å². The van der Waals surface area contributed by atoms with Crippen molar-refractivity contribution < 1.29 is 13.6 Å². The first-order valence-corrected chi connectivity index (χ1v) is 4.45. The summed E-state index contributed by atoms with van der Waals surface area (Å²) in [4.78, 5) is 14.2. The standard InChI is InChI=1S/C9H12ClF2NO/c1-5(2)13-8(9(11)12)7(4-14)6(3)10/h4-5,9H,1-3H3. The first-order valence-electron chi connectivity index (χ1n) is 4.07. The molecule has 0 aromatic carbocycles. The molecule has 0 aliphatic carbocycles. The summed E-state index contributed by atoms with van der Waals surface area (Å²) in [5.74, 6) is 0. The molecule has 0 N–H and O–H groups in total. The third-order valence-electron chi connectivity index (χ3n) is 1.37. The number of rotatable bonds is 4. The number of halogens is 3. The van der Waals surface area contributed by atoms with Crippen molar-refractivity contribution in [1.82, 2.24) is 0 Å². The smallest absolute Gasteiger partial charge is 0.280 e. The van der Waals surface area contributed by atoms with Gasteiger partial charge in [0.2, 0.25) is 0 Å². The molecule has 0 aliphatic heterocycles. The molecular weight excluding hydrogens is 212 g/mol. The summed E-state index contributed by atoms with van der Waals surface area (Å²) >= 11 is 5.50. The van der Waals surface area contributed by atoms with Gasteiger partial charge in [0.25, 0.3) is 6.43 Å². The van der Waals surface area contributed by atoms with Gasteiger partial charge in [-0.2, -0.15) is 0 Å². The fourth-order valence-electron chi connectivity index (χ4n) is 0.840. The highest BCUT2D eigenvalue weighted by molar-refractivity contribution is 6.35. The number of alkyl halides is 2. The van der Waals surface area contributed by atoms with Gasteiger partial charge in [-0.25, -0.2) is 8.78 Å². The first kappa shape index (κ1) is 13.2. The Labute approximate surface area is 86.7 Å². The molecule has 0 unspecified atom stereocenters. The van der Waals surface area contributed by atoms with Crippen LogP contribution in [-0.2, 0) is 4.79 Å². The van der Waals surface area contributed by atoms with Crippen molar-refractivity contribution in [2.75, 3.05) is 0 Å². The average Bonchev–Trinajstić information content (AvgIpc) is 2.02. The van der Waals surface area contributed by atoms with E-state index >= 15 is 0 Å². The lowest BCUT2D eigenvalue weighted by molar-refractivity contribution is -0.104. The van der Waals surface area contributed by atoms with E-state index in [1.807, 2.05) is 0 Å². The summed E-state index contributed by atoms with van der Waals surface area (Å²) in [5, 5.41) is 0.0275. The molecule has 0 radical (unpaired) electrons. The number of aldehydes is 1. The summed E-state index contributed by atoms with van der Waals surface area (Å²) in [5.41, 5.74) is -0.766. The van der Waals surface area contributed by atoms with Crippen molar-refractivity contribution in [3.8, 4) is 0 Å². The van der Waals surface area contributed by atoms with Crippen LogP contribution in [0.3, 0.4) is 0 Å². The molecule has 0 aliphatic rings. The molecule has 0 atom stereocenters. The highest BCUT2D eigenvalue weighted by atomic mass is 35.5. The molecule has 0 fully saturated rings. The van der Waals surface area contributed by atoms with Crippen LogP contribution in [0, 0.1) is 0 Å². The molecule has 5 heteroatoms. The molecular formula is C9H12ClF2NO. The molecule has 2 nitrogen and oxygen atoms in total. The van der Waals surface area contributed by atoms with Gasteiger partial charge >= 0.3 is 0 Å². The topological polar surface area (TPSA) is 29.4 Å². The Kier molecular flexibility index (Phi) is 5.53. The molecule has 80 valence electrons. The maximum absolute atomic E-state index is 12.5. The minimum atomic E-state index is -2.79. The van der Waals surface area contributed by atoms with Crippen molar-refractivity contribution >= 4 is 23.6 Å². The number of nitrogens with zero attached hydrogens (tertiary/aromatic N) is 1. The molecule has 0 aromatic rings. The molecule has 0 saturated heterocycles. The summed E-state index contributed by atoms with van der Waals surface area (Å²) < 4.78 is 24.9. The second-order valence-electron chi connectivity index (χ2n) is 2.97. The van der Waals surface area contributed by atoms with Gasteiger partial charge in [0.1, 0.15) is 5.71 Å². The Morgan fingerprint density at radius 2 is 1.93 bits per heavy atom. The van der Waals surface area contributed by atoms with E-state index in [4.69, 9.17) is 11.6 Å². The van der Waals surface area contributed by atoms with Crippen LogP contribution in [0.25, 0.3) is 0 Å². The highest BCUT2D eigenvalue weighted by Gasteiger charge is 2.19. The zero-order valence-corrected chi connectivity index (χ0v) is 8.98. The third kappa shape index (κ3) is 3.96. The van der Waals surface area contributed by atoms with E-state index in [2.05, 4.69) is 4.99 Å². The Morgan fingerprint density at radius 1 is 1.43 bits per heavy atom. The zero-order chi connectivity index (χ0) is 11.3. The van der Waals surface area contributed by atoms with Gasteiger partial charge in [-0.1, -0.05) is 11.6 Å². The second-order valence-corrected chi connectivity index (χ2v) is 3.54. The van der Waals surface area contributed by atoms with Crippen LogP contribution in [0.1, 0.15) is 20.8 Å². The van der Waals surface area contributed by atoms with E-state index in [1.54, 1.807) is 13.8 Å². The zero-order valence-electron chi connectivity index (χ0n) is 8.22. The lowest BCUT2D eigenvalue weighted by Gasteiger charge is -2.07. The van der Waals surface area contributed by atoms with Crippen LogP contribution in [0.2, 0.25) is 0 Å². The second kappa shape index (κ2) is 5.86. The normalized spacial score (nSPS) is 14.7. The minimum Gasteiger partial charge on any atom is -0.298 e. The van der Waals surface area contributed by atoms with E-state index in [-0.39, 0.29) is 16.6 Å². The van der Waals surface area contributed by atoms with Crippen molar-refractivity contribution in [2.24, 2.45) is 4.99 Å². The number of aliphatic imine (C=N–C) groups is 1. The van der Waals surface area contributed by atoms with E-state index in [1.165, 1.54) is 6.92 Å². The largest absolute Gasteiger partial charge is 0.298 e. The van der Waals surface area contributed by atoms with E-state index in [9.17, 15) is 13.6 Å². The van der Waals surface area contributed by atoms with Crippen LogP contribution in [-0.4, -0.2) is 24.5 Å². The third-order valence-corrected chi connectivity index (χ3v) is 1.57. The van der Waals surface area contributed by atoms with Crippen LogP contribution in [0.5, 0.6) is 0 Å². The molecule has 0 amide bonds. The van der Waals surface area contributed by atoms with Gasteiger partial charge in [0, 0.05) is 11.1 Å². The molecule has 0 saturated carbocycles. The number of allylic oxidation sites excluding steroid dienone is 2. The molecule has 0 spiro atoms. The van der Waals surface area contributed by atoms with Crippen LogP contribution >= 0.6 is 11.6 Å².